The highest BCUT2D eigenvalue weighted by molar-refractivity contribution is 7.19. The van der Waals surface area contributed by atoms with E-state index in [0.29, 0.717) is 0 Å². The van der Waals surface area contributed by atoms with Crippen molar-refractivity contribution in [1.29, 1.82) is 0 Å². The highest BCUT2D eigenvalue weighted by Gasteiger charge is 2.26. The highest BCUT2D eigenvalue weighted by Crippen LogP contribution is 2.25. The van der Waals surface area contributed by atoms with Gasteiger partial charge in [-0.15, -0.1) is 4.57 Å². The first-order valence-electron chi connectivity index (χ1n) is 6.72. The maximum absolute atomic E-state index is 11.5. The number of carbonyl (C=O) groups is 1. The summed E-state index contributed by atoms with van der Waals surface area (Å²) < 4.78 is 2.75. The monoisotopic (exact) mass is 297 g/mol. The van der Waals surface area contributed by atoms with Crippen molar-refractivity contribution in [1.82, 2.24) is 0 Å². The number of aromatic nitrogens is 1. The zero-order valence-electron chi connectivity index (χ0n) is 12.1. The minimum atomic E-state index is -1.14. The predicted octanol–water partition coefficient (Wildman–Crippen LogP) is 2.47. The van der Waals surface area contributed by atoms with Gasteiger partial charge in [-0.2, -0.15) is 0 Å². The van der Waals surface area contributed by atoms with Gasteiger partial charge in [-0.3, -0.25) is 0 Å². The average molecular weight is 297 g/mol. The molecule has 4 heteroatoms. The first-order chi connectivity index (χ1) is 9.99. The van der Waals surface area contributed by atoms with Crippen LogP contribution in [0.4, 0.5) is 0 Å². The number of carboxylic acids is 1. The molecule has 0 aliphatic carbocycles. The molecule has 106 valence electrons. The van der Waals surface area contributed by atoms with Gasteiger partial charge >= 0.3 is 0 Å². The topological polar surface area (TPSA) is 44.0 Å². The number of hydrogen-bond acceptors (Lipinski definition) is 3. The zero-order valence-corrected chi connectivity index (χ0v) is 13.0. The number of nitrogens with zero attached hydrogens (tertiary/aromatic N) is 1. The first kappa shape index (κ1) is 13.8. The molecule has 0 N–H and O–H groups in total. The Labute approximate surface area is 127 Å². The van der Waals surface area contributed by atoms with Crippen LogP contribution in [0.5, 0.6) is 0 Å². The van der Waals surface area contributed by atoms with E-state index in [2.05, 4.69) is 12.1 Å². The molecule has 0 unspecified atom stereocenters. The third-order valence-corrected chi connectivity index (χ3v) is 4.66. The van der Waals surface area contributed by atoms with Crippen LogP contribution in [0.1, 0.15) is 26.5 Å². The molecule has 0 fully saturated rings. The van der Waals surface area contributed by atoms with E-state index in [1.807, 2.05) is 45.0 Å². The zero-order chi connectivity index (χ0) is 15.1. The van der Waals surface area contributed by atoms with E-state index in [1.165, 1.54) is 16.9 Å². The third-order valence-electron chi connectivity index (χ3n) is 3.55. The van der Waals surface area contributed by atoms with Gasteiger partial charge in [0.15, 0.2) is 5.97 Å². The van der Waals surface area contributed by atoms with E-state index in [0.717, 1.165) is 27.0 Å². The number of benzene rings is 2. The largest absolute Gasteiger partial charge is 0.539 e. The highest BCUT2D eigenvalue weighted by atomic mass is 32.1. The molecule has 0 bridgehead atoms. The van der Waals surface area contributed by atoms with Gasteiger partial charge in [0, 0.05) is 17.2 Å². The minimum absolute atomic E-state index is 0.228. The summed E-state index contributed by atoms with van der Waals surface area (Å²) in [5.74, 6) is -1.14. The van der Waals surface area contributed by atoms with Gasteiger partial charge < -0.3 is 9.90 Å². The molecule has 0 spiro atoms. The Kier molecular flexibility index (Phi) is 3.26. The molecule has 0 aliphatic heterocycles. The van der Waals surface area contributed by atoms with Gasteiger partial charge in [0.05, 0.1) is 0 Å². The molecule has 1 aromatic heterocycles. The van der Waals surface area contributed by atoms with Gasteiger partial charge in [0.25, 0.3) is 5.01 Å². The number of para-hydroxylation sites is 1. The van der Waals surface area contributed by atoms with Crippen molar-refractivity contribution < 1.29 is 14.5 Å². The molecule has 0 aliphatic rings. The molecular weight excluding hydrogens is 282 g/mol. The molecular formula is C17H15NO2S. The smallest absolute Gasteiger partial charge is 0.291 e. The molecule has 0 saturated carbocycles. The lowest BCUT2D eigenvalue weighted by atomic mass is 10.0. The van der Waals surface area contributed by atoms with Gasteiger partial charge in [0.1, 0.15) is 4.70 Å². The second-order valence-electron chi connectivity index (χ2n) is 5.25. The Hall–Kier alpha value is -2.20. The second kappa shape index (κ2) is 4.97. The summed E-state index contributed by atoms with van der Waals surface area (Å²) in [5, 5.41) is 11.8. The Bertz CT molecular complexity index is 841. The number of carboxylic acid groups (broad SMARTS) is 1. The van der Waals surface area contributed by atoms with Crippen LogP contribution in [0.15, 0.2) is 36.4 Å². The molecule has 21 heavy (non-hydrogen) atoms. The van der Waals surface area contributed by atoms with Gasteiger partial charge in [0.2, 0.25) is 11.2 Å². The average Bonchev–Trinajstić information content (AvgIpc) is 2.77. The fraction of sp³-hybridized carbons (Fsp3) is 0.176. The van der Waals surface area contributed by atoms with Crippen LogP contribution in [0.2, 0.25) is 0 Å². The lowest BCUT2D eigenvalue weighted by Gasteiger charge is -2.07. The lowest BCUT2D eigenvalue weighted by Crippen LogP contribution is -2.41. The Morgan fingerprint density at radius 1 is 1.10 bits per heavy atom. The summed E-state index contributed by atoms with van der Waals surface area (Å²) in [6, 6.07) is 11.8. The molecule has 3 aromatic rings. The van der Waals surface area contributed by atoms with Gasteiger partial charge in [-0.1, -0.05) is 29.0 Å². The molecule has 2 aromatic carbocycles. The molecule has 0 radical (unpaired) electrons. The standard InChI is InChI=1S/C17H15NO2S/c1-10-8-11(2)15(12(3)9-10)18-13-6-4-5-7-14(13)21-16(18)17(19)20/h4-9H,1-3H3. The van der Waals surface area contributed by atoms with Crippen molar-refractivity contribution in [3.63, 3.8) is 0 Å². The van der Waals surface area contributed by atoms with Crippen LogP contribution in [-0.4, -0.2) is 5.97 Å². The number of thiazole rings is 1. The lowest BCUT2D eigenvalue weighted by molar-refractivity contribution is -0.569. The molecule has 0 amide bonds. The number of fused-ring (bicyclic) bond motifs is 1. The Morgan fingerprint density at radius 3 is 2.33 bits per heavy atom. The summed E-state index contributed by atoms with van der Waals surface area (Å²) in [7, 11) is 0. The quantitative estimate of drug-likeness (QED) is 0.682. The predicted molar refractivity (Wildman–Crippen MR) is 81.9 cm³/mol. The first-order valence-corrected chi connectivity index (χ1v) is 7.54. The summed E-state index contributed by atoms with van der Waals surface area (Å²) in [4.78, 5) is 11.5. The summed E-state index contributed by atoms with van der Waals surface area (Å²) in [6.07, 6.45) is 0. The number of carbonyl (C=O) groups excluding carboxylic acids is 1. The van der Waals surface area contributed by atoms with Crippen molar-refractivity contribution in [2.24, 2.45) is 0 Å². The van der Waals surface area contributed by atoms with Crippen molar-refractivity contribution in [3.8, 4) is 5.69 Å². The summed E-state index contributed by atoms with van der Waals surface area (Å²) >= 11 is 1.25. The van der Waals surface area contributed by atoms with E-state index in [1.54, 1.807) is 4.57 Å². The van der Waals surface area contributed by atoms with E-state index in [-0.39, 0.29) is 5.01 Å². The Balaban J connectivity index is 2.44. The van der Waals surface area contributed by atoms with Crippen LogP contribution in [0, 0.1) is 20.8 Å². The summed E-state index contributed by atoms with van der Waals surface area (Å²) in [5.41, 5.74) is 5.12. The van der Waals surface area contributed by atoms with Crippen LogP contribution in [0.25, 0.3) is 15.9 Å². The van der Waals surface area contributed by atoms with E-state index in [4.69, 9.17) is 0 Å². The fourth-order valence-electron chi connectivity index (χ4n) is 2.87. The van der Waals surface area contributed by atoms with Crippen LogP contribution >= 0.6 is 11.3 Å². The van der Waals surface area contributed by atoms with Crippen molar-refractivity contribution >= 4 is 27.5 Å². The fourth-order valence-corrected chi connectivity index (χ4v) is 3.85. The van der Waals surface area contributed by atoms with Crippen molar-refractivity contribution in [3.05, 3.63) is 58.1 Å². The maximum atomic E-state index is 11.5. The molecule has 3 rings (SSSR count). The van der Waals surface area contributed by atoms with Crippen LogP contribution < -0.4 is 9.67 Å². The minimum Gasteiger partial charge on any atom is -0.539 e. The van der Waals surface area contributed by atoms with Crippen molar-refractivity contribution in [2.45, 2.75) is 20.8 Å². The number of rotatable bonds is 2. The van der Waals surface area contributed by atoms with Crippen LogP contribution in [-0.2, 0) is 0 Å². The van der Waals surface area contributed by atoms with E-state index in [9.17, 15) is 9.90 Å². The van der Waals surface area contributed by atoms with E-state index >= 15 is 0 Å². The number of hydrogen-bond donors (Lipinski definition) is 0. The maximum Gasteiger partial charge on any atom is 0.291 e. The molecule has 1 heterocycles. The number of aromatic carboxylic acids is 1. The van der Waals surface area contributed by atoms with Crippen LogP contribution in [0.3, 0.4) is 0 Å². The molecule has 0 saturated heterocycles. The SMILES string of the molecule is Cc1cc(C)c(-[n+]2c(C(=O)[O-])sc3ccccc32)c(C)c1. The Morgan fingerprint density at radius 2 is 1.71 bits per heavy atom. The van der Waals surface area contributed by atoms with Gasteiger partial charge in [-0.05, 0) is 39.0 Å². The van der Waals surface area contributed by atoms with Gasteiger partial charge in [-0.25, -0.2) is 0 Å². The summed E-state index contributed by atoms with van der Waals surface area (Å²) in [6.45, 7) is 6.06. The number of aryl methyl sites for hydroxylation is 3. The molecule has 0 atom stereocenters. The second-order valence-corrected chi connectivity index (χ2v) is 6.28. The molecule has 3 nitrogen and oxygen atoms in total. The van der Waals surface area contributed by atoms with Crippen molar-refractivity contribution in [2.75, 3.05) is 0 Å². The van der Waals surface area contributed by atoms with E-state index < -0.39 is 5.97 Å². The third kappa shape index (κ3) is 2.21. The normalized spacial score (nSPS) is 11.0.